The second-order valence-corrected chi connectivity index (χ2v) is 9.32. The molecule has 0 bridgehead atoms. The lowest BCUT2D eigenvalue weighted by Crippen LogP contribution is -2.59. The molecule has 2 aromatic rings. The maximum absolute atomic E-state index is 15.0. The molecule has 6 nitrogen and oxygen atoms in total. The first-order valence-corrected chi connectivity index (χ1v) is 10.5. The highest BCUT2D eigenvalue weighted by atomic mass is 79.9. The van der Waals surface area contributed by atoms with Gasteiger partial charge in [-0.15, -0.1) is 0 Å². The first kappa shape index (κ1) is 20.8. The summed E-state index contributed by atoms with van der Waals surface area (Å²) in [6, 6.07) is 6.23. The molecule has 1 amide bonds. The number of rotatable bonds is 5. The van der Waals surface area contributed by atoms with Gasteiger partial charge in [0.25, 0.3) is 5.91 Å². The Bertz CT molecular complexity index is 1060. The Morgan fingerprint density at radius 3 is 2.46 bits per heavy atom. The van der Waals surface area contributed by atoms with Crippen molar-refractivity contribution in [1.82, 2.24) is 4.72 Å². The molecule has 0 saturated carbocycles. The van der Waals surface area contributed by atoms with Crippen LogP contribution in [0.2, 0.25) is 0 Å². The van der Waals surface area contributed by atoms with E-state index in [1.165, 1.54) is 31.2 Å². The van der Waals surface area contributed by atoms with E-state index >= 15 is 4.39 Å². The number of amides is 1. The Balaban J connectivity index is 1.94. The van der Waals surface area contributed by atoms with Crippen LogP contribution in [0.15, 0.2) is 39.7 Å². The van der Waals surface area contributed by atoms with Gasteiger partial charge in [0.1, 0.15) is 10.7 Å². The molecule has 2 aromatic carbocycles. The van der Waals surface area contributed by atoms with E-state index in [-0.39, 0.29) is 23.4 Å². The molecule has 3 rings (SSSR count). The molecule has 28 heavy (non-hydrogen) atoms. The second-order valence-electron chi connectivity index (χ2n) is 6.81. The Hall–Kier alpha value is -1.88. The minimum Gasteiger partial charge on any atom is -0.377 e. The normalized spacial score (nSPS) is 15.8. The van der Waals surface area contributed by atoms with Crippen molar-refractivity contribution >= 4 is 37.5 Å². The summed E-state index contributed by atoms with van der Waals surface area (Å²) in [5, 5.41) is 2.45. The molecule has 1 aliphatic rings. The highest BCUT2D eigenvalue weighted by Gasteiger charge is 2.39. The molecular formula is C18H17BrF2N2O4S. The van der Waals surface area contributed by atoms with Crippen molar-refractivity contribution < 1.29 is 26.7 Å². The van der Waals surface area contributed by atoms with Crippen molar-refractivity contribution in [1.29, 1.82) is 0 Å². The van der Waals surface area contributed by atoms with Crippen LogP contribution in [0.1, 0.15) is 22.8 Å². The van der Waals surface area contributed by atoms with Crippen LogP contribution >= 0.6 is 15.9 Å². The van der Waals surface area contributed by atoms with Gasteiger partial charge in [0.2, 0.25) is 10.0 Å². The quantitative estimate of drug-likeness (QED) is 0.695. The van der Waals surface area contributed by atoms with Gasteiger partial charge >= 0.3 is 0 Å². The molecule has 1 heterocycles. The van der Waals surface area contributed by atoms with Crippen molar-refractivity contribution in [2.24, 2.45) is 0 Å². The van der Waals surface area contributed by atoms with Crippen molar-refractivity contribution in [3.05, 3.63) is 57.6 Å². The third-order valence-corrected chi connectivity index (χ3v) is 6.53. The molecule has 2 N–H and O–H groups in total. The van der Waals surface area contributed by atoms with Gasteiger partial charge in [-0.25, -0.2) is 21.9 Å². The molecule has 0 aromatic heterocycles. The van der Waals surface area contributed by atoms with Gasteiger partial charge in [0, 0.05) is 10.2 Å². The van der Waals surface area contributed by atoms with Crippen LogP contribution in [-0.2, 0) is 14.8 Å². The first-order chi connectivity index (χ1) is 13.0. The summed E-state index contributed by atoms with van der Waals surface area (Å²) in [5.41, 5.74) is -0.749. The molecule has 0 unspecified atom stereocenters. The molecule has 1 saturated heterocycles. The Labute approximate surface area is 169 Å². The SMILES string of the molecule is Cc1cc(NC(=O)c2c(Br)ccc(S(=O)(=O)NC3(C)COC3)c2F)ccc1F. The lowest BCUT2D eigenvalue weighted by atomic mass is 10.0. The van der Waals surface area contributed by atoms with E-state index < -0.39 is 43.6 Å². The predicted molar refractivity (Wildman–Crippen MR) is 103 cm³/mol. The standard InChI is InChI=1S/C18H17BrF2N2O4S/c1-10-7-11(3-5-13(10)20)22-17(24)15-12(19)4-6-14(16(15)21)28(25,26)23-18(2)8-27-9-18/h3-7,23H,8-9H2,1-2H3,(H,22,24). The van der Waals surface area contributed by atoms with Crippen LogP contribution in [0.3, 0.4) is 0 Å². The largest absolute Gasteiger partial charge is 0.377 e. The second kappa shape index (κ2) is 7.51. The van der Waals surface area contributed by atoms with E-state index in [2.05, 4.69) is 26.0 Å². The zero-order valence-electron chi connectivity index (χ0n) is 15.0. The molecular weight excluding hydrogens is 458 g/mol. The van der Waals surface area contributed by atoms with Crippen molar-refractivity contribution in [2.45, 2.75) is 24.3 Å². The molecule has 0 atom stereocenters. The van der Waals surface area contributed by atoms with Crippen LogP contribution in [-0.4, -0.2) is 33.1 Å². The van der Waals surface area contributed by atoms with Gasteiger partial charge in [-0.3, -0.25) is 4.79 Å². The first-order valence-electron chi connectivity index (χ1n) is 8.20. The van der Waals surface area contributed by atoms with Crippen LogP contribution in [0, 0.1) is 18.6 Å². The zero-order chi connectivity index (χ0) is 20.7. The number of sulfonamides is 1. The number of hydrogen-bond donors (Lipinski definition) is 2. The highest BCUT2D eigenvalue weighted by molar-refractivity contribution is 9.10. The number of benzene rings is 2. The summed E-state index contributed by atoms with van der Waals surface area (Å²) < 4.78 is 61.1. The lowest BCUT2D eigenvalue weighted by molar-refractivity contribution is -0.0523. The van der Waals surface area contributed by atoms with Crippen LogP contribution in [0.5, 0.6) is 0 Å². The van der Waals surface area contributed by atoms with Gasteiger partial charge in [-0.1, -0.05) is 0 Å². The monoisotopic (exact) mass is 474 g/mol. The average molecular weight is 475 g/mol. The van der Waals surface area contributed by atoms with E-state index in [0.29, 0.717) is 5.56 Å². The van der Waals surface area contributed by atoms with Crippen LogP contribution in [0.25, 0.3) is 0 Å². The fourth-order valence-corrected chi connectivity index (χ4v) is 4.66. The summed E-state index contributed by atoms with van der Waals surface area (Å²) >= 11 is 3.08. The third kappa shape index (κ3) is 4.09. The van der Waals surface area contributed by atoms with E-state index in [0.717, 1.165) is 6.07 Å². The molecule has 150 valence electrons. The van der Waals surface area contributed by atoms with Crippen LogP contribution in [0.4, 0.5) is 14.5 Å². The van der Waals surface area contributed by atoms with Crippen molar-refractivity contribution in [2.75, 3.05) is 18.5 Å². The van der Waals surface area contributed by atoms with Crippen LogP contribution < -0.4 is 10.0 Å². The number of hydrogen-bond acceptors (Lipinski definition) is 4. The van der Waals surface area contributed by atoms with Crippen molar-refractivity contribution in [3.8, 4) is 0 Å². The fourth-order valence-electron chi connectivity index (χ4n) is 2.71. The predicted octanol–water partition coefficient (Wildman–Crippen LogP) is 3.36. The molecule has 10 heteroatoms. The molecule has 0 spiro atoms. The van der Waals surface area contributed by atoms with Gasteiger partial charge in [0.05, 0.1) is 24.3 Å². The third-order valence-electron chi connectivity index (χ3n) is 4.21. The molecule has 0 radical (unpaired) electrons. The number of ether oxygens (including phenoxy) is 1. The number of carbonyl (C=O) groups is 1. The summed E-state index contributed by atoms with van der Waals surface area (Å²) in [4.78, 5) is 11.9. The smallest absolute Gasteiger partial charge is 0.259 e. The molecule has 1 aliphatic heterocycles. The number of halogens is 3. The van der Waals surface area contributed by atoms with E-state index in [9.17, 15) is 17.6 Å². The zero-order valence-corrected chi connectivity index (χ0v) is 17.4. The fraction of sp³-hybridized carbons (Fsp3) is 0.278. The van der Waals surface area contributed by atoms with Gasteiger partial charge in [0.15, 0.2) is 5.82 Å². The number of anilines is 1. The van der Waals surface area contributed by atoms with Gasteiger partial charge in [-0.2, -0.15) is 0 Å². The summed E-state index contributed by atoms with van der Waals surface area (Å²) in [6.07, 6.45) is 0. The van der Waals surface area contributed by atoms with E-state index in [1.807, 2.05) is 0 Å². The van der Waals surface area contributed by atoms with Gasteiger partial charge < -0.3 is 10.1 Å². The number of carbonyl (C=O) groups excluding carboxylic acids is 1. The Kier molecular flexibility index (Phi) is 5.59. The minimum atomic E-state index is -4.22. The van der Waals surface area contributed by atoms with Gasteiger partial charge in [-0.05, 0) is 65.7 Å². The Morgan fingerprint density at radius 1 is 1.21 bits per heavy atom. The van der Waals surface area contributed by atoms with Crippen molar-refractivity contribution in [3.63, 3.8) is 0 Å². The number of nitrogens with one attached hydrogen (secondary N) is 2. The summed E-state index contributed by atoms with van der Waals surface area (Å²) in [6.45, 7) is 3.49. The average Bonchev–Trinajstić information content (AvgIpc) is 2.56. The summed E-state index contributed by atoms with van der Waals surface area (Å²) in [7, 11) is -4.22. The topological polar surface area (TPSA) is 84.5 Å². The minimum absolute atomic E-state index is 0.0819. The van der Waals surface area contributed by atoms with E-state index in [1.54, 1.807) is 6.92 Å². The number of aryl methyl sites for hydroxylation is 1. The highest BCUT2D eigenvalue weighted by Crippen LogP contribution is 2.28. The summed E-state index contributed by atoms with van der Waals surface area (Å²) in [5.74, 6) is -2.51. The molecule has 1 fully saturated rings. The molecule has 0 aliphatic carbocycles. The maximum atomic E-state index is 15.0. The van der Waals surface area contributed by atoms with E-state index in [4.69, 9.17) is 4.74 Å². The maximum Gasteiger partial charge on any atom is 0.259 e. The Morgan fingerprint density at radius 2 is 1.89 bits per heavy atom. The lowest BCUT2D eigenvalue weighted by Gasteiger charge is -2.38.